The van der Waals surface area contributed by atoms with Crippen LogP contribution in [0.1, 0.15) is 179 Å². The molecule has 0 unspecified atom stereocenters. The quantitative estimate of drug-likeness (QED) is 0.217. The van der Waals surface area contributed by atoms with Gasteiger partial charge in [-0.25, -0.2) is 0 Å². The standard InChI is InChI=1S/C76H110ClF3N12O12/c1-13-48(5)63-72(102)85(8)49(6)67(97)92-40-34-57(92)70(100)87(10)59(43-51-28-26-47(4)27-29-51)69(99)84(7)45-61(93)81-55(33-31-50-30-32-53(54(77)42-50)76(78,79)80)68(98)91-39-22-25-56(91)66(96)83-75(35-18-19-36-75)74(104)89(12)64(52-23-16-14-17-24-52)73(103)88(11)60(71(101)90-37-20-15-21-38-90)44-62(94)86(9)58(41-46(2)3)65(95)82-63/h26-30,32,42,46,48-49,52,55-60,63-64H,13-25,31,33-41,43-45H2,1-12H3,(H,81,93)(H,82,95)(H,83,96)/t48-,49-,55-,56-,57-,58-,59-,60-,63-,64-/m0/s1. The fraction of sp³-hybridized carbons (Fsp3) is 0.684. The Labute approximate surface area is 615 Å². The summed E-state index contributed by atoms with van der Waals surface area (Å²) in [5.74, 6) is -8.81. The van der Waals surface area contributed by atoms with E-state index < -0.39 is 172 Å². The Balaban J connectivity index is 1.19. The predicted octanol–water partition coefficient (Wildman–Crippen LogP) is 6.54. The predicted molar refractivity (Wildman–Crippen MR) is 384 cm³/mol. The van der Waals surface area contributed by atoms with Crippen molar-refractivity contribution in [1.29, 1.82) is 0 Å². The number of hydrogen-bond donors (Lipinski definition) is 3. The third kappa shape index (κ3) is 19.0. The molecule has 104 heavy (non-hydrogen) atoms. The van der Waals surface area contributed by atoms with Crippen LogP contribution in [0, 0.1) is 24.7 Å². The fourth-order valence-electron chi connectivity index (χ4n) is 15.9. The molecule has 2 aliphatic carbocycles. The number of aryl methyl sites for hydroxylation is 2. The van der Waals surface area contributed by atoms with E-state index >= 15 is 38.4 Å². The lowest BCUT2D eigenvalue weighted by Gasteiger charge is -2.45. The van der Waals surface area contributed by atoms with Crippen LogP contribution in [0.4, 0.5) is 13.2 Å². The largest absolute Gasteiger partial charge is 0.417 e. The number of benzene rings is 2. The average molecular weight is 1480 g/mol. The molecule has 6 aliphatic rings. The van der Waals surface area contributed by atoms with E-state index in [2.05, 4.69) is 16.0 Å². The Morgan fingerprint density at radius 3 is 1.85 bits per heavy atom. The highest BCUT2D eigenvalue weighted by atomic mass is 35.5. The monoisotopic (exact) mass is 1470 g/mol. The van der Waals surface area contributed by atoms with Crippen molar-refractivity contribution in [3.8, 4) is 0 Å². The molecule has 24 nitrogen and oxygen atoms in total. The molecular weight excluding hydrogens is 1370 g/mol. The number of alkyl halides is 3. The molecule has 8 rings (SSSR count). The Bertz CT molecular complexity index is 3470. The smallest absolute Gasteiger partial charge is 0.343 e. The second kappa shape index (κ2) is 35.5. The van der Waals surface area contributed by atoms with Gasteiger partial charge in [-0.2, -0.15) is 13.2 Å². The summed E-state index contributed by atoms with van der Waals surface area (Å²) in [7, 11) is 8.64. The summed E-state index contributed by atoms with van der Waals surface area (Å²) in [5.41, 5.74) is -0.793. The molecule has 2 aromatic carbocycles. The summed E-state index contributed by atoms with van der Waals surface area (Å²) in [6.45, 7) is 11.0. The van der Waals surface area contributed by atoms with E-state index in [-0.39, 0.29) is 70.4 Å². The molecule has 4 aliphatic heterocycles. The number of piperidine rings is 1. The number of amides is 12. The van der Waals surface area contributed by atoms with Crippen LogP contribution in [-0.4, -0.2) is 250 Å². The van der Waals surface area contributed by atoms with Crippen LogP contribution < -0.4 is 16.0 Å². The lowest BCUT2D eigenvalue weighted by molar-refractivity contribution is -0.160. The van der Waals surface area contributed by atoms with E-state index in [1.54, 1.807) is 24.0 Å². The highest BCUT2D eigenvalue weighted by Gasteiger charge is 2.52. The number of rotatable bonds is 11. The van der Waals surface area contributed by atoms with E-state index in [0.717, 1.165) is 48.3 Å². The number of hydrogen-bond acceptors (Lipinski definition) is 12. The van der Waals surface area contributed by atoms with Crippen molar-refractivity contribution in [1.82, 2.24) is 60.0 Å². The van der Waals surface area contributed by atoms with E-state index in [9.17, 15) is 32.3 Å². The average Bonchev–Trinajstić information content (AvgIpc) is 1.31. The normalized spacial score (nSPS) is 27.1. The molecule has 2 saturated carbocycles. The van der Waals surface area contributed by atoms with E-state index in [1.165, 1.54) is 89.6 Å². The van der Waals surface area contributed by atoms with Crippen LogP contribution in [0.15, 0.2) is 42.5 Å². The number of nitrogens with one attached hydrogen (secondary N) is 3. The van der Waals surface area contributed by atoms with Crippen molar-refractivity contribution in [3.05, 3.63) is 69.7 Å². The summed E-state index contributed by atoms with van der Waals surface area (Å²) in [5, 5.41) is 8.22. The van der Waals surface area contributed by atoms with Crippen LogP contribution in [-0.2, 0) is 76.6 Å². The zero-order chi connectivity index (χ0) is 76.4. The first-order valence-corrected chi connectivity index (χ1v) is 37.8. The molecule has 4 saturated heterocycles. The molecule has 28 heteroatoms. The van der Waals surface area contributed by atoms with E-state index in [1.807, 2.05) is 39.8 Å². The number of halogens is 4. The van der Waals surface area contributed by atoms with Gasteiger partial charge in [0.05, 0.1) is 23.6 Å². The van der Waals surface area contributed by atoms with E-state index in [4.69, 9.17) is 11.6 Å². The van der Waals surface area contributed by atoms with Crippen molar-refractivity contribution in [2.45, 2.75) is 242 Å². The van der Waals surface area contributed by atoms with Crippen molar-refractivity contribution in [3.63, 3.8) is 0 Å². The van der Waals surface area contributed by atoms with Gasteiger partial charge >= 0.3 is 6.18 Å². The number of likely N-dealkylation sites (tertiary alicyclic amines) is 1. The molecule has 1 spiro atoms. The van der Waals surface area contributed by atoms with Crippen molar-refractivity contribution in [2.75, 3.05) is 75.0 Å². The Hall–Kier alpha value is -7.84. The minimum atomic E-state index is -4.77. The lowest BCUT2D eigenvalue weighted by Crippen LogP contribution is -2.65. The minimum absolute atomic E-state index is 0.0257. The van der Waals surface area contributed by atoms with Gasteiger partial charge in [-0.3, -0.25) is 57.5 Å². The van der Waals surface area contributed by atoms with Gasteiger partial charge < -0.3 is 60.0 Å². The maximum absolute atomic E-state index is 15.9. The third-order valence-corrected chi connectivity index (χ3v) is 23.2. The third-order valence-electron chi connectivity index (χ3n) is 22.9. The topological polar surface area (TPSA) is 270 Å². The summed E-state index contributed by atoms with van der Waals surface area (Å²) in [6, 6.07) is -0.778. The van der Waals surface area contributed by atoms with Crippen LogP contribution in [0.2, 0.25) is 5.02 Å². The van der Waals surface area contributed by atoms with Gasteiger partial charge in [0.1, 0.15) is 59.9 Å². The first-order valence-electron chi connectivity index (χ1n) is 37.4. The second-order valence-corrected chi connectivity index (χ2v) is 31.0. The molecule has 3 N–H and O–H groups in total. The van der Waals surface area contributed by atoms with Gasteiger partial charge in [0.15, 0.2) is 0 Å². The Morgan fingerprint density at radius 2 is 1.25 bits per heavy atom. The number of fused-ring (bicyclic) bond motifs is 2. The first-order chi connectivity index (χ1) is 49.1. The fourth-order valence-corrected chi connectivity index (χ4v) is 16.2. The molecular formula is C76H110ClF3N12O12. The van der Waals surface area contributed by atoms with Gasteiger partial charge in [0.25, 0.3) is 0 Å². The lowest BCUT2D eigenvalue weighted by atomic mass is 9.81. The van der Waals surface area contributed by atoms with Crippen LogP contribution in [0.3, 0.4) is 0 Å². The maximum atomic E-state index is 15.9. The van der Waals surface area contributed by atoms with Crippen LogP contribution in [0.25, 0.3) is 0 Å². The Morgan fingerprint density at radius 1 is 0.625 bits per heavy atom. The minimum Gasteiger partial charge on any atom is -0.343 e. The zero-order valence-electron chi connectivity index (χ0n) is 62.8. The van der Waals surface area contributed by atoms with Gasteiger partial charge in [-0.15, -0.1) is 0 Å². The molecule has 574 valence electrons. The highest BCUT2D eigenvalue weighted by Crippen LogP contribution is 2.39. The molecule has 12 amide bonds. The van der Waals surface area contributed by atoms with E-state index in [0.29, 0.717) is 75.6 Å². The van der Waals surface area contributed by atoms with Gasteiger partial charge in [0, 0.05) is 74.9 Å². The van der Waals surface area contributed by atoms with Crippen molar-refractivity contribution >= 4 is 82.5 Å². The highest BCUT2D eigenvalue weighted by molar-refractivity contribution is 6.31. The van der Waals surface area contributed by atoms with Gasteiger partial charge in [0.2, 0.25) is 70.9 Å². The number of nitrogens with zero attached hydrogens (tertiary/aromatic N) is 9. The summed E-state index contributed by atoms with van der Waals surface area (Å²) in [4.78, 5) is 193. The molecule has 0 radical (unpaired) electrons. The molecule has 6 fully saturated rings. The molecule has 2 aromatic rings. The number of likely N-dealkylation sites (N-methyl/N-ethyl adjacent to an activating group) is 6. The van der Waals surface area contributed by atoms with Crippen molar-refractivity contribution < 1.29 is 70.7 Å². The molecule has 0 bridgehead atoms. The summed E-state index contributed by atoms with van der Waals surface area (Å²) < 4.78 is 41.8. The van der Waals surface area contributed by atoms with Crippen LogP contribution in [0.5, 0.6) is 0 Å². The molecule has 0 aromatic heterocycles. The zero-order valence-corrected chi connectivity index (χ0v) is 63.5. The maximum Gasteiger partial charge on any atom is 0.417 e. The second-order valence-electron chi connectivity index (χ2n) is 30.6. The summed E-state index contributed by atoms with van der Waals surface area (Å²) in [6.07, 6.45) is 2.55. The SMILES string of the molecule is CC[C@H](C)[C@@H]1NC(=O)[C@H](CC(C)C)N(C)C(=O)C[C@@H](C(=O)N2CCCCC2)N(C)C(=O)[C@H](C2CCCCC2)N(C)C(=O)C2(CCCC2)NC(=O)[C@@H]2CCCN2C(=O)[C@H](CCc2ccc(C(F)(F)F)c(Cl)c2)NC(=O)CN(C)C(=O)[C@H](Cc2ccc(C)cc2)N(C)C(=O)[C@@H]2CCN2C(=O)[C@H](C)N(C)C1=O. The first kappa shape index (κ1) is 81.8. The van der Waals surface area contributed by atoms with Crippen molar-refractivity contribution in [2.24, 2.45) is 17.8 Å². The van der Waals surface area contributed by atoms with Gasteiger partial charge in [-0.05, 0) is 138 Å². The molecule has 4 heterocycles. The summed E-state index contributed by atoms with van der Waals surface area (Å²) >= 11 is 6.18. The van der Waals surface area contributed by atoms with Gasteiger partial charge in [-0.1, -0.05) is 114 Å². The number of carbonyl (C=O) groups is 12. The number of carbonyl (C=O) groups excluding carboxylic acids is 12. The molecule has 10 atom stereocenters. The Kier molecular flexibility index (Phi) is 27.9. The van der Waals surface area contributed by atoms with Crippen LogP contribution >= 0.6 is 11.6 Å².